The molecule has 0 aromatic carbocycles. The molecule has 3 nitrogen and oxygen atoms in total. The van der Waals surface area contributed by atoms with E-state index in [9.17, 15) is 0 Å². The number of piperazine rings is 1. The minimum atomic E-state index is 0.832. The highest BCUT2D eigenvalue weighted by Crippen LogP contribution is 2.11. The highest BCUT2D eigenvalue weighted by Gasteiger charge is 2.25. The summed E-state index contributed by atoms with van der Waals surface area (Å²) in [6, 6.07) is 0.832. The molecule has 2 rings (SSSR count). The van der Waals surface area contributed by atoms with Gasteiger partial charge >= 0.3 is 0 Å². The molecule has 2 fully saturated rings. The predicted molar refractivity (Wildman–Crippen MR) is 55.0 cm³/mol. The lowest BCUT2D eigenvalue weighted by atomic mass is 10.2. The quantitative estimate of drug-likeness (QED) is 0.649. The average molecular weight is 183 g/mol. The number of likely N-dealkylation sites (N-methyl/N-ethyl adjacent to an activating group) is 1. The fraction of sp³-hybridized carbons (Fsp3) is 1.00. The number of hydrogen-bond acceptors (Lipinski definition) is 3. The van der Waals surface area contributed by atoms with Crippen molar-refractivity contribution in [2.45, 2.75) is 19.4 Å². The van der Waals surface area contributed by atoms with Gasteiger partial charge in [0.25, 0.3) is 0 Å². The normalized spacial score (nSPS) is 32.5. The molecule has 2 heterocycles. The average Bonchev–Trinajstić information content (AvgIpc) is 2.71. The zero-order chi connectivity index (χ0) is 9.10. The Labute approximate surface area is 81.1 Å². The van der Waals surface area contributed by atoms with Gasteiger partial charge in [0.15, 0.2) is 0 Å². The van der Waals surface area contributed by atoms with Crippen LogP contribution >= 0.6 is 0 Å². The molecule has 76 valence electrons. The van der Waals surface area contributed by atoms with Gasteiger partial charge in [0.2, 0.25) is 0 Å². The van der Waals surface area contributed by atoms with Gasteiger partial charge in [-0.05, 0) is 19.5 Å². The van der Waals surface area contributed by atoms with Gasteiger partial charge in [0.05, 0.1) is 0 Å². The predicted octanol–water partition coefficient (Wildman–Crippen LogP) is -0.0142. The van der Waals surface area contributed by atoms with Crippen molar-refractivity contribution in [2.24, 2.45) is 0 Å². The molecule has 2 saturated heterocycles. The molecule has 1 N–H and O–H groups in total. The Morgan fingerprint density at radius 2 is 2.00 bits per heavy atom. The fourth-order valence-corrected chi connectivity index (χ4v) is 2.40. The summed E-state index contributed by atoms with van der Waals surface area (Å²) in [5, 5.41) is 3.44. The minimum absolute atomic E-state index is 0.832. The maximum Gasteiger partial charge on any atom is 0.0233 e. The van der Waals surface area contributed by atoms with Gasteiger partial charge in [0, 0.05) is 38.8 Å². The molecule has 1 atom stereocenters. The van der Waals surface area contributed by atoms with E-state index in [4.69, 9.17) is 0 Å². The van der Waals surface area contributed by atoms with Crippen molar-refractivity contribution in [3.63, 3.8) is 0 Å². The third kappa shape index (κ3) is 2.22. The summed E-state index contributed by atoms with van der Waals surface area (Å²) in [7, 11) is 0. The summed E-state index contributed by atoms with van der Waals surface area (Å²) >= 11 is 0. The van der Waals surface area contributed by atoms with Crippen LogP contribution in [0.1, 0.15) is 13.3 Å². The number of hydrogen-bond donors (Lipinski definition) is 1. The molecule has 0 bridgehead atoms. The van der Waals surface area contributed by atoms with Gasteiger partial charge in [-0.15, -0.1) is 0 Å². The summed E-state index contributed by atoms with van der Waals surface area (Å²) in [6.07, 6.45) is 1.35. The molecule has 0 aromatic rings. The molecular formula is C10H21N3. The van der Waals surface area contributed by atoms with Crippen molar-refractivity contribution >= 4 is 0 Å². The van der Waals surface area contributed by atoms with Gasteiger partial charge in [-0.3, -0.25) is 4.90 Å². The molecule has 2 aliphatic heterocycles. The standard InChI is InChI=1S/C10H21N3/c1-2-12-5-7-13(8-6-12)10-3-4-11-9-10/h10-11H,2-9H2,1H3/t10-/m0/s1. The van der Waals surface area contributed by atoms with E-state index in [0.29, 0.717) is 0 Å². The number of nitrogens with zero attached hydrogens (tertiary/aromatic N) is 2. The van der Waals surface area contributed by atoms with Crippen LogP contribution in [0.3, 0.4) is 0 Å². The van der Waals surface area contributed by atoms with Gasteiger partial charge in [0.1, 0.15) is 0 Å². The summed E-state index contributed by atoms with van der Waals surface area (Å²) in [6.45, 7) is 11.0. The van der Waals surface area contributed by atoms with Crippen LogP contribution in [0.15, 0.2) is 0 Å². The highest BCUT2D eigenvalue weighted by atomic mass is 15.3. The van der Waals surface area contributed by atoms with Crippen molar-refractivity contribution < 1.29 is 0 Å². The first-order valence-electron chi connectivity index (χ1n) is 5.57. The van der Waals surface area contributed by atoms with Gasteiger partial charge in [-0.25, -0.2) is 0 Å². The monoisotopic (exact) mass is 183 g/mol. The Morgan fingerprint density at radius 1 is 1.23 bits per heavy atom. The highest BCUT2D eigenvalue weighted by molar-refractivity contribution is 4.83. The van der Waals surface area contributed by atoms with Crippen LogP contribution in [0.2, 0.25) is 0 Å². The van der Waals surface area contributed by atoms with Crippen LogP contribution in [-0.4, -0.2) is 61.7 Å². The van der Waals surface area contributed by atoms with E-state index in [2.05, 4.69) is 22.0 Å². The van der Waals surface area contributed by atoms with Crippen LogP contribution in [0, 0.1) is 0 Å². The zero-order valence-electron chi connectivity index (χ0n) is 8.63. The summed E-state index contributed by atoms with van der Waals surface area (Å²) < 4.78 is 0. The second-order valence-electron chi connectivity index (χ2n) is 4.12. The van der Waals surface area contributed by atoms with Crippen LogP contribution < -0.4 is 5.32 Å². The van der Waals surface area contributed by atoms with Gasteiger partial charge in [-0.1, -0.05) is 6.92 Å². The van der Waals surface area contributed by atoms with Crippen LogP contribution in [0.4, 0.5) is 0 Å². The first kappa shape index (κ1) is 9.44. The van der Waals surface area contributed by atoms with Crippen molar-refractivity contribution in [1.29, 1.82) is 0 Å². The Morgan fingerprint density at radius 3 is 2.54 bits per heavy atom. The molecular weight excluding hydrogens is 162 g/mol. The van der Waals surface area contributed by atoms with Crippen molar-refractivity contribution in [1.82, 2.24) is 15.1 Å². The van der Waals surface area contributed by atoms with E-state index in [1.807, 2.05) is 0 Å². The van der Waals surface area contributed by atoms with Crippen LogP contribution in [0.5, 0.6) is 0 Å². The molecule has 0 unspecified atom stereocenters. The lowest BCUT2D eigenvalue weighted by Crippen LogP contribution is -2.50. The Balaban J connectivity index is 1.77. The first-order chi connectivity index (χ1) is 6.40. The molecule has 2 aliphatic rings. The SMILES string of the molecule is CCN1CCN([C@H]2CCNC2)CC1. The molecule has 0 radical (unpaired) electrons. The Bertz CT molecular complexity index is 146. The van der Waals surface area contributed by atoms with E-state index in [-0.39, 0.29) is 0 Å². The third-order valence-electron chi connectivity index (χ3n) is 3.40. The molecule has 0 spiro atoms. The van der Waals surface area contributed by atoms with Crippen molar-refractivity contribution in [3.8, 4) is 0 Å². The smallest absolute Gasteiger partial charge is 0.0233 e. The molecule has 0 saturated carbocycles. The Hall–Kier alpha value is -0.120. The van der Waals surface area contributed by atoms with Gasteiger partial charge < -0.3 is 10.2 Å². The second kappa shape index (κ2) is 4.40. The molecule has 13 heavy (non-hydrogen) atoms. The van der Waals surface area contributed by atoms with Crippen molar-refractivity contribution in [2.75, 3.05) is 45.8 Å². The van der Waals surface area contributed by atoms with E-state index in [0.717, 1.165) is 6.04 Å². The lowest BCUT2D eigenvalue weighted by Gasteiger charge is -2.37. The van der Waals surface area contributed by atoms with Crippen LogP contribution in [-0.2, 0) is 0 Å². The topological polar surface area (TPSA) is 18.5 Å². The van der Waals surface area contributed by atoms with Crippen LogP contribution in [0.25, 0.3) is 0 Å². The van der Waals surface area contributed by atoms with E-state index >= 15 is 0 Å². The molecule has 3 heteroatoms. The zero-order valence-corrected chi connectivity index (χ0v) is 8.63. The molecule has 0 aromatic heterocycles. The maximum atomic E-state index is 3.44. The van der Waals surface area contributed by atoms with E-state index in [1.54, 1.807) is 0 Å². The van der Waals surface area contributed by atoms with Gasteiger partial charge in [-0.2, -0.15) is 0 Å². The third-order valence-corrected chi connectivity index (χ3v) is 3.40. The molecule has 0 amide bonds. The lowest BCUT2D eigenvalue weighted by molar-refractivity contribution is 0.106. The Kier molecular flexibility index (Phi) is 3.19. The van der Waals surface area contributed by atoms with E-state index in [1.165, 1.54) is 52.2 Å². The number of rotatable bonds is 2. The minimum Gasteiger partial charge on any atom is -0.315 e. The first-order valence-corrected chi connectivity index (χ1v) is 5.57. The maximum absolute atomic E-state index is 3.44. The number of nitrogens with one attached hydrogen (secondary N) is 1. The summed E-state index contributed by atoms with van der Waals surface area (Å²) in [5.74, 6) is 0. The second-order valence-corrected chi connectivity index (χ2v) is 4.12. The summed E-state index contributed by atoms with van der Waals surface area (Å²) in [4.78, 5) is 5.20. The largest absolute Gasteiger partial charge is 0.315 e. The molecule has 0 aliphatic carbocycles. The fourth-order valence-electron chi connectivity index (χ4n) is 2.40. The van der Waals surface area contributed by atoms with E-state index < -0.39 is 0 Å². The van der Waals surface area contributed by atoms with Crippen molar-refractivity contribution in [3.05, 3.63) is 0 Å². The summed E-state index contributed by atoms with van der Waals surface area (Å²) in [5.41, 5.74) is 0.